The summed E-state index contributed by atoms with van der Waals surface area (Å²) in [5.74, 6) is 2.73. The quantitative estimate of drug-likeness (QED) is 0.512. The van der Waals surface area contributed by atoms with Crippen molar-refractivity contribution in [3.63, 3.8) is 0 Å². The second-order valence-corrected chi connectivity index (χ2v) is 7.31. The third-order valence-corrected chi connectivity index (χ3v) is 5.21. The van der Waals surface area contributed by atoms with E-state index in [-0.39, 0.29) is 5.91 Å². The van der Waals surface area contributed by atoms with E-state index in [4.69, 9.17) is 18.9 Å². The third kappa shape index (κ3) is 6.79. The molecule has 0 saturated carbocycles. The average molecular weight is 431 g/mol. The van der Waals surface area contributed by atoms with Gasteiger partial charge in [-0.2, -0.15) is 0 Å². The lowest BCUT2D eigenvalue weighted by molar-refractivity contribution is -0.116. The second kappa shape index (κ2) is 12.1. The van der Waals surface area contributed by atoms with Crippen molar-refractivity contribution in [1.82, 2.24) is 4.90 Å². The Morgan fingerprint density at radius 1 is 0.774 bits per heavy atom. The maximum atomic E-state index is 12.2. The molecule has 0 spiro atoms. The average Bonchev–Trinajstić information content (AvgIpc) is 2.79. The first-order valence-corrected chi connectivity index (χ1v) is 10.3. The molecule has 2 aromatic carbocycles. The van der Waals surface area contributed by atoms with Gasteiger partial charge in [-0.25, -0.2) is 0 Å². The largest absolute Gasteiger partial charge is 0.493 e. The Hall–Kier alpha value is -2.93. The third-order valence-electron chi connectivity index (χ3n) is 5.21. The fourth-order valence-corrected chi connectivity index (χ4v) is 3.43. The van der Waals surface area contributed by atoms with Gasteiger partial charge in [0.05, 0.1) is 28.4 Å². The zero-order valence-corrected chi connectivity index (χ0v) is 19.4. The molecule has 0 heterocycles. The molecule has 0 aromatic heterocycles. The smallest absolute Gasteiger partial charge is 0.223 e. The number of anilines is 1. The van der Waals surface area contributed by atoms with Crippen LogP contribution in [0.1, 0.15) is 18.9 Å². The van der Waals surface area contributed by atoms with E-state index in [1.54, 1.807) is 40.3 Å². The van der Waals surface area contributed by atoms with Gasteiger partial charge in [-0.05, 0) is 56.3 Å². The van der Waals surface area contributed by atoms with Crippen LogP contribution in [0.5, 0.6) is 23.0 Å². The van der Waals surface area contributed by atoms with Crippen molar-refractivity contribution in [2.24, 2.45) is 0 Å². The number of ether oxygens (including phenoxy) is 4. The molecule has 1 amide bonds. The molecule has 0 saturated heterocycles. The van der Waals surface area contributed by atoms with Crippen LogP contribution in [0.3, 0.4) is 0 Å². The van der Waals surface area contributed by atoms with Gasteiger partial charge in [0, 0.05) is 31.8 Å². The molecule has 7 heteroatoms. The number of methoxy groups -OCH3 is 4. The second-order valence-electron chi connectivity index (χ2n) is 7.31. The maximum absolute atomic E-state index is 12.2. The lowest BCUT2D eigenvalue weighted by atomic mass is 10.1. The van der Waals surface area contributed by atoms with E-state index in [2.05, 4.69) is 18.0 Å². The number of nitrogens with zero attached hydrogens (tertiary/aromatic N) is 2. The van der Waals surface area contributed by atoms with Crippen molar-refractivity contribution in [2.75, 3.05) is 60.0 Å². The van der Waals surface area contributed by atoms with E-state index < -0.39 is 0 Å². The van der Waals surface area contributed by atoms with E-state index >= 15 is 0 Å². The topological polar surface area (TPSA) is 60.5 Å². The van der Waals surface area contributed by atoms with Crippen LogP contribution in [0.2, 0.25) is 0 Å². The summed E-state index contributed by atoms with van der Waals surface area (Å²) in [5.41, 5.74) is 2.00. The normalized spacial score (nSPS) is 10.7. The number of hydrogen-bond donors (Lipinski definition) is 0. The van der Waals surface area contributed by atoms with Crippen LogP contribution in [-0.4, -0.2) is 65.9 Å². The number of carbonyl (C=O) groups is 1. The molecule has 7 nitrogen and oxygen atoms in total. The molecular weight excluding hydrogens is 396 g/mol. The standard InChI is InChI=1S/C24H34N2O5/c1-18(27)26(20-9-11-22(29-4)24(17-20)31-6)14-7-13-25(2)15-12-19-8-10-21(28-3)23(16-19)30-5/h8-11,16-17H,7,12-15H2,1-6H3. The van der Waals surface area contributed by atoms with Crippen LogP contribution in [-0.2, 0) is 11.2 Å². The summed E-state index contributed by atoms with van der Waals surface area (Å²) in [6.07, 6.45) is 1.76. The number of rotatable bonds is 12. The van der Waals surface area contributed by atoms with Crippen LogP contribution in [0, 0.1) is 0 Å². The summed E-state index contributed by atoms with van der Waals surface area (Å²) in [4.78, 5) is 16.3. The number of likely N-dealkylation sites (N-methyl/N-ethyl adjacent to an activating group) is 1. The van der Waals surface area contributed by atoms with Gasteiger partial charge >= 0.3 is 0 Å². The molecule has 0 aliphatic rings. The van der Waals surface area contributed by atoms with Gasteiger partial charge in [-0.15, -0.1) is 0 Å². The predicted molar refractivity (Wildman–Crippen MR) is 123 cm³/mol. The van der Waals surface area contributed by atoms with E-state index in [1.165, 1.54) is 5.56 Å². The molecule has 0 N–H and O–H groups in total. The summed E-state index contributed by atoms with van der Waals surface area (Å²) in [6.45, 7) is 4.00. The van der Waals surface area contributed by atoms with Crippen LogP contribution < -0.4 is 23.8 Å². The molecule has 0 unspecified atom stereocenters. The predicted octanol–water partition coefficient (Wildman–Crippen LogP) is 3.64. The Morgan fingerprint density at radius 2 is 1.35 bits per heavy atom. The fraction of sp³-hybridized carbons (Fsp3) is 0.458. The monoisotopic (exact) mass is 430 g/mol. The van der Waals surface area contributed by atoms with Crippen LogP contribution in [0.4, 0.5) is 5.69 Å². The molecule has 0 atom stereocenters. The molecule has 0 fully saturated rings. The first-order chi connectivity index (χ1) is 14.9. The molecule has 0 aliphatic heterocycles. The molecule has 31 heavy (non-hydrogen) atoms. The highest BCUT2D eigenvalue weighted by Crippen LogP contribution is 2.31. The van der Waals surface area contributed by atoms with Crippen molar-refractivity contribution in [3.05, 3.63) is 42.0 Å². The highest BCUT2D eigenvalue weighted by atomic mass is 16.5. The van der Waals surface area contributed by atoms with E-state index in [1.807, 2.05) is 30.3 Å². The maximum Gasteiger partial charge on any atom is 0.223 e. The van der Waals surface area contributed by atoms with Gasteiger partial charge in [0.15, 0.2) is 23.0 Å². The first kappa shape index (κ1) is 24.3. The summed E-state index contributed by atoms with van der Waals surface area (Å²) < 4.78 is 21.3. The number of amides is 1. The highest BCUT2D eigenvalue weighted by molar-refractivity contribution is 5.91. The van der Waals surface area contributed by atoms with Crippen molar-refractivity contribution in [1.29, 1.82) is 0 Å². The zero-order valence-electron chi connectivity index (χ0n) is 19.4. The van der Waals surface area contributed by atoms with Crippen molar-refractivity contribution in [2.45, 2.75) is 19.8 Å². The van der Waals surface area contributed by atoms with Crippen LogP contribution in [0.25, 0.3) is 0 Å². The lowest BCUT2D eigenvalue weighted by Crippen LogP contribution is -2.32. The SMILES string of the molecule is COc1ccc(CCN(C)CCCN(C(C)=O)c2ccc(OC)c(OC)c2)cc1OC. The molecule has 0 radical (unpaired) electrons. The summed E-state index contributed by atoms with van der Waals surface area (Å²) in [5, 5.41) is 0. The Morgan fingerprint density at radius 3 is 1.94 bits per heavy atom. The van der Waals surface area contributed by atoms with E-state index in [0.717, 1.165) is 43.1 Å². The minimum absolute atomic E-state index is 0.000186. The van der Waals surface area contributed by atoms with Gasteiger partial charge < -0.3 is 28.7 Å². The van der Waals surface area contributed by atoms with Gasteiger partial charge in [-0.1, -0.05) is 6.07 Å². The number of benzene rings is 2. The Bertz CT molecular complexity index is 856. The molecule has 0 aliphatic carbocycles. The van der Waals surface area contributed by atoms with Gasteiger partial charge in [0.2, 0.25) is 5.91 Å². The van der Waals surface area contributed by atoms with E-state index in [9.17, 15) is 4.79 Å². The van der Waals surface area contributed by atoms with E-state index in [0.29, 0.717) is 18.0 Å². The van der Waals surface area contributed by atoms with Gasteiger partial charge in [0.1, 0.15) is 0 Å². The molecule has 2 rings (SSSR count). The van der Waals surface area contributed by atoms with Crippen LogP contribution in [0.15, 0.2) is 36.4 Å². The Balaban J connectivity index is 1.89. The van der Waals surface area contributed by atoms with Crippen molar-refractivity contribution < 1.29 is 23.7 Å². The Labute approximate surface area is 185 Å². The first-order valence-electron chi connectivity index (χ1n) is 10.3. The highest BCUT2D eigenvalue weighted by Gasteiger charge is 2.15. The van der Waals surface area contributed by atoms with Crippen LogP contribution >= 0.6 is 0 Å². The molecule has 170 valence electrons. The van der Waals surface area contributed by atoms with Crippen molar-refractivity contribution >= 4 is 11.6 Å². The number of carbonyl (C=O) groups excluding carboxylic acids is 1. The summed E-state index contributed by atoms with van der Waals surface area (Å²) >= 11 is 0. The molecule has 2 aromatic rings. The van der Waals surface area contributed by atoms with Gasteiger partial charge in [-0.3, -0.25) is 4.79 Å². The van der Waals surface area contributed by atoms with Crippen molar-refractivity contribution in [3.8, 4) is 23.0 Å². The Kier molecular flexibility index (Phi) is 9.46. The van der Waals surface area contributed by atoms with Gasteiger partial charge in [0.25, 0.3) is 0 Å². The minimum atomic E-state index is 0.000186. The lowest BCUT2D eigenvalue weighted by Gasteiger charge is -2.24. The summed E-state index contributed by atoms with van der Waals surface area (Å²) in [6, 6.07) is 11.5. The minimum Gasteiger partial charge on any atom is -0.493 e. The fourth-order valence-electron chi connectivity index (χ4n) is 3.43. The molecule has 0 bridgehead atoms. The zero-order chi connectivity index (χ0) is 22.8. The number of hydrogen-bond acceptors (Lipinski definition) is 6. The molecular formula is C24H34N2O5. The summed E-state index contributed by atoms with van der Waals surface area (Å²) in [7, 11) is 8.56.